The molecule has 0 saturated heterocycles. The minimum atomic E-state index is -1.51. The van der Waals surface area contributed by atoms with Gasteiger partial charge in [0, 0.05) is 6.54 Å². The van der Waals surface area contributed by atoms with Crippen molar-refractivity contribution in [2.24, 2.45) is 0 Å². The summed E-state index contributed by atoms with van der Waals surface area (Å²) in [6.07, 6.45) is 0. The van der Waals surface area contributed by atoms with Crippen LogP contribution in [0.1, 0.15) is 15.9 Å². The second kappa shape index (κ2) is 6.21. The molecular formula is C15H13F2NO3. The third-order valence-corrected chi connectivity index (χ3v) is 2.93. The van der Waals surface area contributed by atoms with E-state index < -0.39 is 23.2 Å². The summed E-state index contributed by atoms with van der Waals surface area (Å²) in [4.78, 5) is 10.7. The fourth-order valence-electron chi connectivity index (χ4n) is 1.83. The third kappa shape index (κ3) is 3.28. The highest BCUT2D eigenvalue weighted by Gasteiger charge is 2.17. The van der Waals surface area contributed by atoms with Crippen LogP contribution in [0, 0.1) is 11.6 Å². The van der Waals surface area contributed by atoms with Crippen molar-refractivity contribution in [1.82, 2.24) is 0 Å². The summed E-state index contributed by atoms with van der Waals surface area (Å²) in [5, 5.41) is 11.4. The van der Waals surface area contributed by atoms with Crippen molar-refractivity contribution in [3.05, 3.63) is 59.2 Å². The minimum Gasteiger partial charge on any atom is -0.497 e. The molecule has 2 N–H and O–H groups in total. The maximum atomic E-state index is 13.7. The normalized spacial score (nSPS) is 10.2. The predicted octanol–water partition coefficient (Wildman–Crippen LogP) is 3.28. The SMILES string of the molecule is COc1cccc(CNc2ccc(C(=O)O)c(F)c2F)c1. The first-order valence-electron chi connectivity index (χ1n) is 6.11. The molecule has 2 aromatic carbocycles. The smallest absolute Gasteiger partial charge is 0.338 e. The molecule has 2 aromatic rings. The van der Waals surface area contributed by atoms with Gasteiger partial charge in [-0.05, 0) is 29.8 Å². The zero-order chi connectivity index (χ0) is 15.4. The zero-order valence-electron chi connectivity index (χ0n) is 11.2. The van der Waals surface area contributed by atoms with Crippen molar-refractivity contribution in [2.75, 3.05) is 12.4 Å². The van der Waals surface area contributed by atoms with Crippen molar-refractivity contribution in [3.63, 3.8) is 0 Å². The van der Waals surface area contributed by atoms with Gasteiger partial charge in [-0.1, -0.05) is 12.1 Å². The molecule has 0 fully saturated rings. The van der Waals surface area contributed by atoms with E-state index in [2.05, 4.69) is 5.32 Å². The van der Waals surface area contributed by atoms with Gasteiger partial charge in [-0.25, -0.2) is 13.6 Å². The Hall–Kier alpha value is -2.63. The molecule has 0 aromatic heterocycles. The molecule has 0 aliphatic rings. The van der Waals surface area contributed by atoms with E-state index in [1.807, 2.05) is 0 Å². The molecule has 21 heavy (non-hydrogen) atoms. The van der Waals surface area contributed by atoms with Crippen molar-refractivity contribution in [2.45, 2.75) is 6.54 Å². The quantitative estimate of drug-likeness (QED) is 0.888. The van der Waals surface area contributed by atoms with E-state index in [0.29, 0.717) is 5.75 Å². The highest BCUT2D eigenvalue weighted by Crippen LogP contribution is 2.22. The molecule has 0 aliphatic heterocycles. The lowest BCUT2D eigenvalue weighted by Crippen LogP contribution is -2.07. The Morgan fingerprint density at radius 2 is 2.00 bits per heavy atom. The lowest BCUT2D eigenvalue weighted by atomic mass is 10.1. The number of rotatable bonds is 5. The highest BCUT2D eigenvalue weighted by molar-refractivity contribution is 5.88. The number of ether oxygens (including phenoxy) is 1. The molecule has 0 atom stereocenters. The molecular weight excluding hydrogens is 280 g/mol. The summed E-state index contributed by atoms with van der Waals surface area (Å²) >= 11 is 0. The van der Waals surface area contributed by atoms with Crippen LogP contribution < -0.4 is 10.1 Å². The number of aromatic carboxylic acids is 1. The van der Waals surface area contributed by atoms with E-state index in [-0.39, 0.29) is 12.2 Å². The number of hydrogen-bond donors (Lipinski definition) is 2. The Balaban J connectivity index is 2.17. The molecule has 6 heteroatoms. The minimum absolute atomic E-state index is 0.0969. The molecule has 0 amide bonds. The summed E-state index contributed by atoms with van der Waals surface area (Å²) in [6, 6.07) is 9.32. The second-order valence-corrected chi connectivity index (χ2v) is 4.30. The highest BCUT2D eigenvalue weighted by atomic mass is 19.2. The number of carbonyl (C=O) groups is 1. The summed E-state index contributed by atoms with van der Waals surface area (Å²) in [7, 11) is 1.53. The lowest BCUT2D eigenvalue weighted by Gasteiger charge is -2.10. The van der Waals surface area contributed by atoms with Crippen molar-refractivity contribution in [1.29, 1.82) is 0 Å². The number of methoxy groups -OCH3 is 1. The number of carboxylic acid groups (broad SMARTS) is 1. The van der Waals surface area contributed by atoms with Crippen LogP contribution in [0.2, 0.25) is 0 Å². The summed E-state index contributed by atoms with van der Waals surface area (Å²) in [5.41, 5.74) is 0.0243. The van der Waals surface area contributed by atoms with E-state index in [0.717, 1.165) is 11.6 Å². The Morgan fingerprint density at radius 3 is 2.67 bits per heavy atom. The number of carboxylic acids is 1. The molecule has 0 spiro atoms. The van der Waals surface area contributed by atoms with Crippen LogP contribution in [0.5, 0.6) is 5.75 Å². The summed E-state index contributed by atoms with van der Waals surface area (Å²) in [6.45, 7) is 0.250. The first kappa shape index (κ1) is 14.8. The molecule has 4 nitrogen and oxygen atoms in total. The van der Waals surface area contributed by atoms with E-state index in [9.17, 15) is 13.6 Å². The van der Waals surface area contributed by atoms with Gasteiger partial charge in [0.2, 0.25) is 0 Å². The Labute approximate surface area is 120 Å². The van der Waals surface area contributed by atoms with Crippen LogP contribution in [-0.2, 0) is 6.54 Å². The fourth-order valence-corrected chi connectivity index (χ4v) is 1.83. The van der Waals surface area contributed by atoms with Gasteiger partial charge >= 0.3 is 5.97 Å². The van der Waals surface area contributed by atoms with Gasteiger partial charge in [0.15, 0.2) is 11.6 Å². The number of halogens is 2. The molecule has 2 rings (SSSR count). The van der Waals surface area contributed by atoms with Crippen LogP contribution in [0.3, 0.4) is 0 Å². The average Bonchev–Trinajstić information content (AvgIpc) is 2.48. The number of anilines is 1. The van der Waals surface area contributed by atoms with E-state index in [1.165, 1.54) is 13.2 Å². The second-order valence-electron chi connectivity index (χ2n) is 4.30. The zero-order valence-corrected chi connectivity index (χ0v) is 11.2. The van der Waals surface area contributed by atoms with Gasteiger partial charge in [0.05, 0.1) is 18.4 Å². The Bertz CT molecular complexity index is 674. The van der Waals surface area contributed by atoms with Crippen molar-refractivity contribution in [3.8, 4) is 5.75 Å². The van der Waals surface area contributed by atoms with Gasteiger partial charge in [-0.3, -0.25) is 0 Å². The predicted molar refractivity (Wildman–Crippen MR) is 73.6 cm³/mol. The topological polar surface area (TPSA) is 58.6 Å². The first-order chi connectivity index (χ1) is 10.0. The number of hydrogen-bond acceptors (Lipinski definition) is 3. The van der Waals surface area contributed by atoms with Crippen LogP contribution in [0.4, 0.5) is 14.5 Å². The standard InChI is InChI=1S/C15H13F2NO3/c1-21-10-4-2-3-9(7-10)8-18-12-6-5-11(15(19)20)13(16)14(12)17/h2-7,18H,8H2,1H3,(H,19,20). The van der Waals surface area contributed by atoms with E-state index >= 15 is 0 Å². The molecule has 0 heterocycles. The monoisotopic (exact) mass is 293 g/mol. The summed E-state index contributed by atoms with van der Waals surface area (Å²) < 4.78 is 32.4. The van der Waals surface area contributed by atoms with Crippen LogP contribution >= 0.6 is 0 Å². The van der Waals surface area contributed by atoms with Crippen LogP contribution in [-0.4, -0.2) is 18.2 Å². The van der Waals surface area contributed by atoms with Gasteiger partial charge in [0.1, 0.15) is 5.75 Å². The van der Waals surface area contributed by atoms with Gasteiger partial charge < -0.3 is 15.2 Å². The average molecular weight is 293 g/mol. The largest absolute Gasteiger partial charge is 0.497 e. The lowest BCUT2D eigenvalue weighted by molar-refractivity contribution is 0.0690. The van der Waals surface area contributed by atoms with Gasteiger partial charge in [-0.15, -0.1) is 0 Å². The van der Waals surface area contributed by atoms with E-state index in [1.54, 1.807) is 24.3 Å². The number of benzene rings is 2. The maximum Gasteiger partial charge on any atom is 0.338 e. The third-order valence-electron chi connectivity index (χ3n) is 2.93. The number of nitrogens with one attached hydrogen (secondary N) is 1. The van der Waals surface area contributed by atoms with Crippen molar-refractivity contribution >= 4 is 11.7 Å². The van der Waals surface area contributed by atoms with Crippen LogP contribution in [0.25, 0.3) is 0 Å². The molecule has 0 radical (unpaired) electrons. The molecule has 0 unspecified atom stereocenters. The van der Waals surface area contributed by atoms with Gasteiger partial charge in [-0.2, -0.15) is 0 Å². The molecule has 0 saturated carbocycles. The first-order valence-corrected chi connectivity index (χ1v) is 6.11. The Morgan fingerprint density at radius 1 is 1.24 bits per heavy atom. The molecule has 0 bridgehead atoms. The Kier molecular flexibility index (Phi) is 4.37. The van der Waals surface area contributed by atoms with Crippen molar-refractivity contribution < 1.29 is 23.4 Å². The fraction of sp³-hybridized carbons (Fsp3) is 0.133. The molecule has 110 valence electrons. The summed E-state index contributed by atoms with van der Waals surface area (Å²) in [5.74, 6) is -3.44. The maximum absolute atomic E-state index is 13.7. The molecule has 0 aliphatic carbocycles. The van der Waals surface area contributed by atoms with Crippen LogP contribution in [0.15, 0.2) is 36.4 Å². The van der Waals surface area contributed by atoms with E-state index in [4.69, 9.17) is 9.84 Å². The van der Waals surface area contributed by atoms with Gasteiger partial charge in [0.25, 0.3) is 0 Å².